The van der Waals surface area contributed by atoms with E-state index in [1.807, 2.05) is 18.2 Å². The van der Waals surface area contributed by atoms with Crippen LogP contribution in [0, 0.1) is 12.8 Å². The van der Waals surface area contributed by atoms with Crippen LogP contribution in [0.25, 0.3) is 10.9 Å². The highest BCUT2D eigenvalue weighted by molar-refractivity contribution is 6.00. The van der Waals surface area contributed by atoms with Crippen LogP contribution in [0.4, 0.5) is 0 Å². The monoisotopic (exact) mass is 328 g/mol. The average Bonchev–Trinajstić information content (AvgIpc) is 2.55. The van der Waals surface area contributed by atoms with E-state index in [2.05, 4.69) is 10.3 Å². The molecule has 126 valence electrons. The Labute approximate surface area is 138 Å². The van der Waals surface area contributed by atoms with Crippen LogP contribution >= 0.6 is 0 Å². The molecule has 0 radical (unpaired) electrons. The number of nitrogens with one attached hydrogen (secondary N) is 2. The normalized spacial score (nSPS) is 20.7. The predicted molar refractivity (Wildman–Crippen MR) is 90.2 cm³/mol. The number of pyridine rings is 1. The van der Waals surface area contributed by atoms with E-state index >= 15 is 0 Å². The lowest BCUT2D eigenvalue weighted by molar-refractivity contribution is -0.142. The summed E-state index contributed by atoms with van der Waals surface area (Å²) in [5, 5.41) is 12.8. The van der Waals surface area contributed by atoms with E-state index in [0.29, 0.717) is 36.8 Å². The minimum Gasteiger partial charge on any atom is -0.481 e. The molecule has 6 heteroatoms. The molecule has 0 spiro atoms. The van der Waals surface area contributed by atoms with Gasteiger partial charge in [-0.15, -0.1) is 0 Å². The van der Waals surface area contributed by atoms with Gasteiger partial charge in [-0.05, 0) is 44.2 Å². The summed E-state index contributed by atoms with van der Waals surface area (Å²) < 4.78 is 0. The van der Waals surface area contributed by atoms with E-state index in [9.17, 15) is 14.4 Å². The number of hydrogen-bond donors (Lipinski definition) is 3. The summed E-state index contributed by atoms with van der Waals surface area (Å²) in [4.78, 5) is 38.6. The van der Waals surface area contributed by atoms with Crippen LogP contribution in [-0.4, -0.2) is 28.0 Å². The minimum absolute atomic E-state index is 0.0848. The second-order valence-corrected chi connectivity index (χ2v) is 6.36. The first-order chi connectivity index (χ1) is 11.5. The van der Waals surface area contributed by atoms with Gasteiger partial charge in [-0.3, -0.25) is 14.4 Å². The smallest absolute Gasteiger partial charge is 0.306 e. The maximum absolute atomic E-state index is 12.6. The summed E-state index contributed by atoms with van der Waals surface area (Å²) in [6, 6.07) is 7.29. The molecule has 0 unspecified atom stereocenters. The SMILES string of the molecule is Cc1c(C(=O)NC2CCC(C(=O)O)CC2)c(=O)[nH]c2ccccc12. The zero-order chi connectivity index (χ0) is 17.3. The number of H-pyrrole nitrogens is 1. The summed E-state index contributed by atoms with van der Waals surface area (Å²) in [7, 11) is 0. The molecule has 1 aliphatic carbocycles. The third-order valence-electron chi connectivity index (χ3n) is 4.82. The van der Waals surface area contributed by atoms with Gasteiger partial charge in [-0.2, -0.15) is 0 Å². The Morgan fingerprint density at radius 1 is 1.17 bits per heavy atom. The number of amides is 1. The van der Waals surface area contributed by atoms with Crippen LogP contribution < -0.4 is 10.9 Å². The number of carbonyl (C=O) groups is 2. The van der Waals surface area contributed by atoms with Crippen molar-refractivity contribution in [3.63, 3.8) is 0 Å². The fourth-order valence-electron chi connectivity index (χ4n) is 3.42. The van der Waals surface area contributed by atoms with Crippen molar-refractivity contribution < 1.29 is 14.7 Å². The van der Waals surface area contributed by atoms with Crippen LogP contribution in [0.2, 0.25) is 0 Å². The summed E-state index contributed by atoms with van der Waals surface area (Å²) in [5.41, 5.74) is 1.10. The van der Waals surface area contributed by atoms with Crippen LogP contribution in [0.1, 0.15) is 41.6 Å². The van der Waals surface area contributed by atoms with E-state index in [0.717, 1.165) is 5.39 Å². The Hall–Kier alpha value is -2.63. The van der Waals surface area contributed by atoms with E-state index in [-0.39, 0.29) is 17.5 Å². The maximum atomic E-state index is 12.6. The number of hydrogen-bond acceptors (Lipinski definition) is 3. The van der Waals surface area contributed by atoms with E-state index in [4.69, 9.17) is 5.11 Å². The molecule has 1 aromatic heterocycles. The van der Waals surface area contributed by atoms with E-state index in [1.54, 1.807) is 13.0 Å². The number of aryl methyl sites for hydroxylation is 1. The van der Waals surface area contributed by atoms with Crippen LogP contribution in [0.3, 0.4) is 0 Å². The zero-order valence-corrected chi connectivity index (χ0v) is 13.5. The van der Waals surface area contributed by atoms with Gasteiger partial charge < -0.3 is 15.4 Å². The molecule has 1 fully saturated rings. The number of fused-ring (bicyclic) bond motifs is 1. The number of aromatic nitrogens is 1. The van der Waals surface area contributed by atoms with Crippen LogP contribution in [0.5, 0.6) is 0 Å². The Morgan fingerprint density at radius 2 is 1.83 bits per heavy atom. The van der Waals surface area contributed by atoms with Crippen LogP contribution in [0.15, 0.2) is 29.1 Å². The highest BCUT2D eigenvalue weighted by Gasteiger charge is 2.28. The van der Waals surface area contributed by atoms with Gasteiger partial charge in [-0.1, -0.05) is 18.2 Å². The van der Waals surface area contributed by atoms with Crippen molar-refractivity contribution in [1.82, 2.24) is 10.3 Å². The number of para-hydroxylation sites is 1. The molecule has 1 saturated carbocycles. The van der Waals surface area contributed by atoms with Crippen molar-refractivity contribution >= 4 is 22.8 Å². The lowest BCUT2D eigenvalue weighted by Crippen LogP contribution is -2.41. The summed E-state index contributed by atoms with van der Waals surface area (Å²) in [6.07, 6.45) is 2.33. The van der Waals surface area contributed by atoms with Crippen molar-refractivity contribution in [3.8, 4) is 0 Å². The minimum atomic E-state index is -0.776. The first-order valence-corrected chi connectivity index (χ1v) is 8.12. The molecule has 0 atom stereocenters. The summed E-state index contributed by atoms with van der Waals surface area (Å²) in [6.45, 7) is 1.77. The molecule has 3 N–H and O–H groups in total. The molecule has 2 aromatic rings. The van der Waals surface area contributed by atoms with Gasteiger partial charge in [-0.25, -0.2) is 0 Å². The van der Waals surface area contributed by atoms with Gasteiger partial charge >= 0.3 is 5.97 Å². The van der Waals surface area contributed by atoms with Crippen molar-refractivity contribution in [3.05, 3.63) is 45.7 Å². The van der Waals surface area contributed by atoms with Gasteiger partial charge in [0.2, 0.25) is 0 Å². The molecule has 1 aromatic carbocycles. The highest BCUT2D eigenvalue weighted by atomic mass is 16.4. The van der Waals surface area contributed by atoms with Gasteiger partial charge in [0, 0.05) is 16.9 Å². The molecular formula is C18H20N2O4. The van der Waals surface area contributed by atoms with Crippen LogP contribution in [-0.2, 0) is 4.79 Å². The predicted octanol–water partition coefficient (Wildman–Crippen LogP) is 2.21. The second kappa shape index (κ2) is 6.47. The Kier molecular flexibility index (Phi) is 4.38. The first kappa shape index (κ1) is 16.2. The third kappa shape index (κ3) is 3.04. The quantitative estimate of drug-likeness (QED) is 0.804. The van der Waals surface area contributed by atoms with Gasteiger partial charge in [0.05, 0.1) is 5.92 Å². The van der Waals surface area contributed by atoms with Crippen molar-refractivity contribution in [2.24, 2.45) is 5.92 Å². The summed E-state index contributed by atoms with van der Waals surface area (Å²) in [5.74, 6) is -1.50. The summed E-state index contributed by atoms with van der Waals surface area (Å²) >= 11 is 0. The number of carbonyl (C=O) groups excluding carboxylic acids is 1. The standard InChI is InChI=1S/C18H20N2O4/c1-10-13-4-2-3-5-14(13)20-17(22)15(10)16(21)19-12-8-6-11(7-9-12)18(23)24/h2-5,11-12H,6-9H2,1H3,(H,19,21)(H,20,22)(H,23,24). The molecule has 0 bridgehead atoms. The van der Waals surface area contributed by atoms with E-state index < -0.39 is 17.4 Å². The number of aromatic amines is 1. The first-order valence-electron chi connectivity index (χ1n) is 8.12. The van der Waals surface area contributed by atoms with Crippen molar-refractivity contribution in [2.75, 3.05) is 0 Å². The molecule has 0 aliphatic heterocycles. The van der Waals surface area contributed by atoms with Gasteiger partial charge in [0.25, 0.3) is 11.5 Å². The largest absolute Gasteiger partial charge is 0.481 e. The molecular weight excluding hydrogens is 308 g/mol. The molecule has 24 heavy (non-hydrogen) atoms. The number of carboxylic acid groups (broad SMARTS) is 1. The lowest BCUT2D eigenvalue weighted by Gasteiger charge is -2.27. The topological polar surface area (TPSA) is 99.3 Å². The third-order valence-corrected chi connectivity index (χ3v) is 4.82. The zero-order valence-electron chi connectivity index (χ0n) is 13.5. The van der Waals surface area contributed by atoms with Crippen molar-refractivity contribution in [2.45, 2.75) is 38.6 Å². The van der Waals surface area contributed by atoms with Gasteiger partial charge in [0.15, 0.2) is 0 Å². The molecule has 0 saturated heterocycles. The fraction of sp³-hybridized carbons (Fsp3) is 0.389. The highest BCUT2D eigenvalue weighted by Crippen LogP contribution is 2.25. The molecule has 3 rings (SSSR count). The number of carboxylic acids is 1. The molecule has 1 heterocycles. The molecule has 1 amide bonds. The maximum Gasteiger partial charge on any atom is 0.306 e. The van der Waals surface area contributed by atoms with Gasteiger partial charge in [0.1, 0.15) is 5.56 Å². The number of benzene rings is 1. The Balaban J connectivity index is 1.80. The van der Waals surface area contributed by atoms with E-state index in [1.165, 1.54) is 0 Å². The Bertz CT molecular complexity index is 848. The van der Waals surface area contributed by atoms with Crippen molar-refractivity contribution in [1.29, 1.82) is 0 Å². The Morgan fingerprint density at radius 3 is 2.50 bits per heavy atom. The molecule has 1 aliphatic rings. The second-order valence-electron chi connectivity index (χ2n) is 6.36. The fourth-order valence-corrected chi connectivity index (χ4v) is 3.42. The number of aliphatic carboxylic acids is 1. The molecule has 6 nitrogen and oxygen atoms in total. The number of rotatable bonds is 3. The lowest BCUT2D eigenvalue weighted by atomic mass is 9.86. The average molecular weight is 328 g/mol.